The van der Waals surface area contributed by atoms with E-state index in [2.05, 4.69) is 97.7 Å². The van der Waals surface area contributed by atoms with Crippen molar-refractivity contribution in [2.45, 2.75) is 13.8 Å². The van der Waals surface area contributed by atoms with Crippen molar-refractivity contribution in [3.8, 4) is 11.4 Å². The Hall–Kier alpha value is -2.74. The van der Waals surface area contributed by atoms with E-state index in [1.807, 2.05) is 0 Å². The maximum atomic E-state index is 2.30. The molecule has 2 aromatic carbocycles. The second-order valence-electron chi connectivity index (χ2n) is 6.58. The van der Waals surface area contributed by atoms with E-state index >= 15 is 0 Å². The molecule has 0 saturated heterocycles. The highest BCUT2D eigenvalue weighted by Gasteiger charge is 2.25. The number of aryl methyl sites for hydroxylation is 4. The fourth-order valence-electron chi connectivity index (χ4n) is 3.71. The van der Waals surface area contributed by atoms with Gasteiger partial charge in [-0.25, -0.2) is 0 Å². The first-order valence-electron chi connectivity index (χ1n) is 8.35. The van der Waals surface area contributed by atoms with Gasteiger partial charge >= 0.3 is 0 Å². The molecule has 0 aliphatic carbocycles. The van der Waals surface area contributed by atoms with Crippen molar-refractivity contribution >= 4 is 21.8 Å². The van der Waals surface area contributed by atoms with Gasteiger partial charge in [0, 0.05) is 35.0 Å². The fraction of sp³-hybridized carbons (Fsp3) is 0.182. The summed E-state index contributed by atoms with van der Waals surface area (Å²) in [6.07, 6.45) is 0. The highest BCUT2D eigenvalue weighted by molar-refractivity contribution is 5.83. The van der Waals surface area contributed by atoms with Crippen LogP contribution >= 0.6 is 0 Å². The summed E-state index contributed by atoms with van der Waals surface area (Å²) in [5.74, 6) is 0. The van der Waals surface area contributed by atoms with E-state index in [0.717, 1.165) is 0 Å². The summed E-state index contributed by atoms with van der Waals surface area (Å²) in [6.45, 7) is 4.39. The molecule has 0 amide bonds. The van der Waals surface area contributed by atoms with Crippen LogP contribution in [0.2, 0.25) is 0 Å². The van der Waals surface area contributed by atoms with Gasteiger partial charge in [0.05, 0.1) is 0 Å². The highest BCUT2D eigenvalue weighted by Crippen LogP contribution is 2.24. The molecule has 0 N–H and O–H groups in total. The number of pyridine rings is 2. The van der Waals surface area contributed by atoms with Crippen LogP contribution in [-0.2, 0) is 14.1 Å². The van der Waals surface area contributed by atoms with Gasteiger partial charge < -0.3 is 0 Å². The highest BCUT2D eigenvalue weighted by atomic mass is 15.0. The van der Waals surface area contributed by atoms with Gasteiger partial charge in [-0.1, -0.05) is 24.3 Å². The molecule has 4 aromatic rings. The number of para-hydroxylation sites is 2. The van der Waals surface area contributed by atoms with Crippen LogP contribution in [0.15, 0.2) is 60.7 Å². The van der Waals surface area contributed by atoms with Crippen molar-refractivity contribution in [2.24, 2.45) is 14.1 Å². The summed E-state index contributed by atoms with van der Waals surface area (Å²) < 4.78 is 4.60. The van der Waals surface area contributed by atoms with Gasteiger partial charge in [0.25, 0.3) is 11.4 Å². The molecular weight excluding hydrogens is 292 g/mol. The zero-order valence-electron chi connectivity index (χ0n) is 14.7. The molecule has 0 radical (unpaired) electrons. The van der Waals surface area contributed by atoms with Gasteiger partial charge in [0.1, 0.15) is 14.1 Å². The number of hydrogen-bond acceptors (Lipinski definition) is 0. The van der Waals surface area contributed by atoms with Gasteiger partial charge in [0.15, 0.2) is 0 Å². The third-order valence-corrected chi connectivity index (χ3v) is 5.07. The fourth-order valence-corrected chi connectivity index (χ4v) is 3.71. The van der Waals surface area contributed by atoms with E-state index in [1.165, 1.54) is 44.3 Å². The molecule has 0 unspecified atom stereocenters. The number of hydrogen-bond donors (Lipinski definition) is 0. The van der Waals surface area contributed by atoms with Crippen LogP contribution in [-0.4, -0.2) is 0 Å². The van der Waals surface area contributed by atoms with Crippen LogP contribution in [0.25, 0.3) is 33.2 Å². The van der Waals surface area contributed by atoms with Crippen LogP contribution < -0.4 is 9.13 Å². The van der Waals surface area contributed by atoms with Crippen LogP contribution in [0, 0.1) is 13.8 Å². The van der Waals surface area contributed by atoms with Crippen LogP contribution in [0.4, 0.5) is 0 Å². The van der Waals surface area contributed by atoms with E-state index in [-0.39, 0.29) is 0 Å². The maximum Gasteiger partial charge on any atom is 0.277 e. The first-order chi connectivity index (χ1) is 11.6. The summed E-state index contributed by atoms with van der Waals surface area (Å²) in [4.78, 5) is 0. The average molecular weight is 314 g/mol. The Bertz CT molecular complexity index is 1000. The minimum Gasteiger partial charge on any atom is -0.189 e. The molecule has 24 heavy (non-hydrogen) atoms. The van der Waals surface area contributed by atoms with Crippen LogP contribution in [0.3, 0.4) is 0 Å². The summed E-state index contributed by atoms with van der Waals surface area (Å²) in [6, 6.07) is 21.8. The molecule has 0 bridgehead atoms. The lowest BCUT2D eigenvalue weighted by Gasteiger charge is -2.08. The summed E-state index contributed by atoms with van der Waals surface area (Å²) in [5.41, 5.74) is 7.62. The lowest BCUT2D eigenvalue weighted by Crippen LogP contribution is -2.40. The molecule has 0 aliphatic heterocycles. The van der Waals surface area contributed by atoms with Gasteiger partial charge in [0.2, 0.25) is 11.0 Å². The smallest absolute Gasteiger partial charge is 0.189 e. The number of benzene rings is 2. The molecule has 0 saturated carbocycles. The lowest BCUT2D eigenvalue weighted by molar-refractivity contribution is -0.664. The monoisotopic (exact) mass is 314 g/mol. The normalized spacial score (nSPS) is 11.3. The Kier molecular flexibility index (Phi) is 3.34. The summed E-state index contributed by atoms with van der Waals surface area (Å²) in [5, 5.41) is 2.62. The van der Waals surface area contributed by atoms with E-state index in [4.69, 9.17) is 0 Å². The third kappa shape index (κ3) is 2.10. The molecule has 0 spiro atoms. The molecule has 118 valence electrons. The third-order valence-electron chi connectivity index (χ3n) is 5.07. The van der Waals surface area contributed by atoms with Gasteiger partial charge in [-0.05, 0) is 37.1 Å². The lowest BCUT2D eigenvalue weighted by atomic mass is 10.0. The predicted molar refractivity (Wildman–Crippen MR) is 98.7 cm³/mol. The molecule has 2 nitrogen and oxygen atoms in total. The predicted octanol–water partition coefficient (Wildman–Crippen LogP) is 3.93. The number of rotatable bonds is 1. The number of fused-ring (bicyclic) bond motifs is 2. The molecule has 4 rings (SSSR count). The van der Waals surface area contributed by atoms with Gasteiger partial charge in [-0.2, -0.15) is 9.13 Å². The zero-order valence-corrected chi connectivity index (χ0v) is 14.7. The van der Waals surface area contributed by atoms with Crippen molar-refractivity contribution < 1.29 is 9.13 Å². The first kappa shape index (κ1) is 14.8. The van der Waals surface area contributed by atoms with E-state index in [0.29, 0.717) is 0 Å². The minimum atomic E-state index is 1.24. The maximum absolute atomic E-state index is 2.30. The molecule has 2 heterocycles. The van der Waals surface area contributed by atoms with Crippen molar-refractivity contribution in [1.82, 2.24) is 0 Å². The Morgan fingerprint density at radius 2 is 0.958 bits per heavy atom. The Morgan fingerprint density at radius 3 is 1.38 bits per heavy atom. The van der Waals surface area contributed by atoms with Gasteiger partial charge in [-0.15, -0.1) is 0 Å². The van der Waals surface area contributed by atoms with E-state index in [9.17, 15) is 0 Å². The molecule has 2 aromatic heterocycles. The first-order valence-corrected chi connectivity index (χ1v) is 8.35. The van der Waals surface area contributed by atoms with Crippen molar-refractivity contribution in [3.05, 3.63) is 71.8 Å². The molecular formula is C22H22N2+2. The van der Waals surface area contributed by atoms with Crippen molar-refractivity contribution in [3.63, 3.8) is 0 Å². The molecule has 0 aliphatic rings. The number of nitrogens with zero attached hydrogens (tertiary/aromatic N) is 2. The standard InChI is InChI=1S/C22H22N2/c1-15-13-21(23(3)19-11-7-5-9-17(15)19)22-14-16(2)18-10-6-8-12-20(18)24(22)4/h5-14H,1-4H3/q+2. The summed E-state index contributed by atoms with van der Waals surface area (Å²) in [7, 11) is 4.31. The Balaban J connectivity index is 2.10. The second kappa shape index (κ2) is 5.41. The average Bonchev–Trinajstić information content (AvgIpc) is 2.61. The quantitative estimate of drug-likeness (QED) is 0.470. The van der Waals surface area contributed by atoms with Crippen LogP contribution in [0.5, 0.6) is 0 Å². The molecule has 2 heteroatoms. The second-order valence-corrected chi connectivity index (χ2v) is 6.58. The zero-order chi connectivity index (χ0) is 16.8. The van der Waals surface area contributed by atoms with Crippen molar-refractivity contribution in [1.29, 1.82) is 0 Å². The van der Waals surface area contributed by atoms with E-state index in [1.54, 1.807) is 0 Å². The minimum absolute atomic E-state index is 1.24. The molecule has 0 atom stereocenters. The number of aromatic nitrogens is 2. The van der Waals surface area contributed by atoms with Gasteiger partial charge in [-0.3, -0.25) is 0 Å². The van der Waals surface area contributed by atoms with E-state index < -0.39 is 0 Å². The SMILES string of the molecule is Cc1cc(-c2cc(C)c3ccccc3[n+]2C)[n+](C)c2ccccc12. The Labute approximate surface area is 142 Å². The van der Waals surface area contributed by atoms with Crippen molar-refractivity contribution in [2.75, 3.05) is 0 Å². The topological polar surface area (TPSA) is 7.76 Å². The molecule has 0 fully saturated rings. The Morgan fingerprint density at radius 1 is 0.583 bits per heavy atom. The van der Waals surface area contributed by atoms with Crippen LogP contribution in [0.1, 0.15) is 11.1 Å². The summed E-state index contributed by atoms with van der Waals surface area (Å²) >= 11 is 0. The largest absolute Gasteiger partial charge is 0.277 e.